The Hall–Kier alpha value is -5.94. The average Bonchev–Trinajstić information content (AvgIpc) is 3.17. The lowest BCUT2D eigenvalue weighted by molar-refractivity contribution is 0.591. The van der Waals surface area contributed by atoms with Crippen molar-refractivity contribution in [2.24, 2.45) is 0 Å². The molecule has 0 atom stereocenters. The number of nitrogens with zero attached hydrogens (tertiary/aromatic N) is 4. The summed E-state index contributed by atoms with van der Waals surface area (Å²) >= 11 is 0. The van der Waals surface area contributed by atoms with Gasteiger partial charge in [0.15, 0.2) is 0 Å². The molecule has 0 radical (unpaired) electrons. The molecule has 0 saturated carbocycles. The first-order valence-electron chi connectivity index (χ1n) is 18.6. The highest BCUT2D eigenvalue weighted by molar-refractivity contribution is 6.99. The van der Waals surface area contributed by atoms with E-state index in [0.29, 0.717) is 0 Å². The summed E-state index contributed by atoms with van der Waals surface area (Å²) in [5.41, 5.74) is 16.4. The lowest BCUT2D eigenvalue weighted by Crippen LogP contribution is -2.64. The van der Waals surface area contributed by atoms with Crippen LogP contribution < -0.4 is 26.4 Å². The minimum atomic E-state index is -0.222. The van der Waals surface area contributed by atoms with Crippen molar-refractivity contribution in [3.05, 3.63) is 163 Å². The summed E-state index contributed by atoms with van der Waals surface area (Å²) < 4.78 is 0. The molecule has 5 aromatic carbocycles. The van der Waals surface area contributed by atoms with Crippen LogP contribution in [-0.4, -0.2) is 16.7 Å². The van der Waals surface area contributed by atoms with Gasteiger partial charge < -0.3 is 9.80 Å². The first-order chi connectivity index (χ1) is 25.6. The monoisotopic (exact) mass is 686 g/mol. The van der Waals surface area contributed by atoms with E-state index >= 15 is 0 Å². The zero-order chi connectivity index (χ0) is 36.5. The van der Waals surface area contributed by atoms with Gasteiger partial charge in [-0.15, -0.1) is 0 Å². The number of rotatable bonds is 4. The van der Waals surface area contributed by atoms with Crippen LogP contribution in [0.15, 0.2) is 152 Å². The quantitative estimate of drug-likeness (QED) is 0.173. The molecule has 0 amide bonds. The molecule has 0 aliphatic carbocycles. The molecule has 7 aromatic rings. The van der Waals surface area contributed by atoms with Gasteiger partial charge in [-0.1, -0.05) is 145 Å². The highest BCUT2D eigenvalue weighted by atomic mass is 15.2. The fraction of sp³-hybridized carbons (Fsp3) is 0.167. The van der Waals surface area contributed by atoms with Gasteiger partial charge in [-0.05, 0) is 76.0 Å². The van der Waals surface area contributed by atoms with Crippen LogP contribution in [0.4, 0.5) is 34.1 Å². The van der Waals surface area contributed by atoms with E-state index in [2.05, 4.69) is 203 Å². The third kappa shape index (κ3) is 5.45. The normalized spacial score (nSPS) is 13.4. The molecule has 258 valence electrons. The molecule has 4 nitrogen and oxygen atoms in total. The predicted molar refractivity (Wildman–Crippen MR) is 224 cm³/mol. The largest absolute Gasteiger partial charge is 0.310 e. The zero-order valence-electron chi connectivity index (χ0n) is 31.3. The van der Waals surface area contributed by atoms with Gasteiger partial charge in [0.1, 0.15) is 0 Å². The molecule has 9 rings (SSSR count). The van der Waals surface area contributed by atoms with Crippen molar-refractivity contribution in [3.8, 4) is 22.5 Å². The second-order valence-electron chi connectivity index (χ2n) is 16.3. The number of anilines is 6. The molecular weight excluding hydrogens is 643 g/mol. The summed E-state index contributed by atoms with van der Waals surface area (Å²) in [4.78, 5) is 16.4. The SMILES string of the molecule is CC(C)(C)c1cc(-c2ccccc2)nc2c1N(c1ccccc1)c1cccc3c1B2c1nc(-c2ccccc2)cc(C(C)(C)C)c1N3c1ccccc1. The Bertz CT molecular complexity index is 2300. The Morgan fingerprint density at radius 3 is 1.15 bits per heavy atom. The van der Waals surface area contributed by atoms with Gasteiger partial charge >= 0.3 is 0 Å². The third-order valence-corrected chi connectivity index (χ3v) is 10.6. The Balaban J connectivity index is 1.47. The van der Waals surface area contributed by atoms with Gasteiger partial charge in [-0.25, -0.2) is 0 Å². The minimum Gasteiger partial charge on any atom is -0.310 e. The number of hydrogen-bond acceptors (Lipinski definition) is 4. The molecule has 5 heteroatoms. The fourth-order valence-electron chi connectivity index (χ4n) is 8.21. The molecule has 0 N–H and O–H groups in total. The van der Waals surface area contributed by atoms with Crippen molar-refractivity contribution in [1.29, 1.82) is 0 Å². The maximum Gasteiger partial charge on any atom is 0.298 e. The first-order valence-corrected chi connectivity index (χ1v) is 18.6. The molecule has 53 heavy (non-hydrogen) atoms. The molecule has 0 bridgehead atoms. The molecule has 0 spiro atoms. The van der Waals surface area contributed by atoms with Crippen LogP contribution in [0.1, 0.15) is 52.7 Å². The summed E-state index contributed by atoms with van der Waals surface area (Å²) in [5, 5.41) is 0. The minimum absolute atomic E-state index is 0.192. The summed E-state index contributed by atoms with van der Waals surface area (Å²) in [6.45, 7) is 13.7. The molecule has 0 fully saturated rings. The van der Waals surface area contributed by atoms with Gasteiger partial charge in [0.2, 0.25) is 0 Å². The van der Waals surface area contributed by atoms with Gasteiger partial charge in [-0.2, -0.15) is 0 Å². The van der Waals surface area contributed by atoms with Crippen LogP contribution in [0.25, 0.3) is 22.5 Å². The van der Waals surface area contributed by atoms with Crippen molar-refractivity contribution in [3.63, 3.8) is 0 Å². The highest BCUT2D eigenvalue weighted by Gasteiger charge is 2.48. The smallest absolute Gasteiger partial charge is 0.298 e. The van der Waals surface area contributed by atoms with E-state index in [4.69, 9.17) is 9.97 Å². The van der Waals surface area contributed by atoms with Crippen LogP contribution >= 0.6 is 0 Å². The van der Waals surface area contributed by atoms with Crippen LogP contribution in [-0.2, 0) is 10.8 Å². The van der Waals surface area contributed by atoms with Crippen LogP contribution in [0.3, 0.4) is 0 Å². The van der Waals surface area contributed by atoms with E-state index in [1.54, 1.807) is 0 Å². The van der Waals surface area contributed by atoms with Gasteiger partial charge in [0, 0.05) is 45.1 Å². The summed E-state index contributed by atoms with van der Waals surface area (Å²) in [7, 11) is 0. The topological polar surface area (TPSA) is 32.3 Å². The maximum absolute atomic E-state index is 5.75. The standard InChI is InChI=1S/C48H43BN4/c1-47(2,3)36-30-38(32-20-11-7-12-21-32)50-45-43(36)52(34-24-15-9-16-25-34)40-28-19-29-41-42(40)49(45)46-44(53(41)35-26-17-10-18-27-35)37(48(4,5)6)31-39(51-46)33-22-13-8-14-23-33/h7-31H,1-6H3. The number of fused-ring (bicyclic) bond motifs is 4. The van der Waals surface area contributed by atoms with E-state index in [1.165, 1.54) is 16.6 Å². The van der Waals surface area contributed by atoms with Crippen LogP contribution in [0, 0.1) is 0 Å². The van der Waals surface area contributed by atoms with E-state index in [-0.39, 0.29) is 17.5 Å². The number of pyridine rings is 2. The molecule has 2 aliphatic heterocycles. The Morgan fingerprint density at radius 2 is 0.792 bits per heavy atom. The lowest BCUT2D eigenvalue weighted by atomic mass is 9.36. The number of para-hydroxylation sites is 2. The predicted octanol–water partition coefficient (Wildman–Crippen LogP) is 10.5. The van der Waals surface area contributed by atoms with Crippen molar-refractivity contribution in [2.75, 3.05) is 9.80 Å². The van der Waals surface area contributed by atoms with Crippen LogP contribution in [0.2, 0.25) is 0 Å². The lowest BCUT2D eigenvalue weighted by Gasteiger charge is -2.46. The maximum atomic E-state index is 5.75. The third-order valence-electron chi connectivity index (χ3n) is 10.6. The van der Waals surface area contributed by atoms with Crippen molar-refractivity contribution in [1.82, 2.24) is 9.97 Å². The number of benzene rings is 5. The Kier molecular flexibility index (Phi) is 7.67. The fourth-order valence-corrected chi connectivity index (χ4v) is 8.21. The van der Waals surface area contributed by atoms with E-state index in [9.17, 15) is 0 Å². The number of hydrogen-bond donors (Lipinski definition) is 0. The molecule has 0 unspecified atom stereocenters. The second kappa shape index (κ2) is 12.3. The Labute approximate surface area is 313 Å². The summed E-state index contributed by atoms with van der Waals surface area (Å²) in [5.74, 6) is 0. The molecule has 0 saturated heterocycles. The summed E-state index contributed by atoms with van der Waals surface area (Å²) in [6, 6.07) is 54.3. The van der Waals surface area contributed by atoms with Crippen molar-refractivity contribution >= 4 is 57.5 Å². The highest BCUT2D eigenvalue weighted by Crippen LogP contribution is 2.48. The number of aromatic nitrogens is 2. The molecule has 2 aliphatic rings. The molecule has 4 heterocycles. The van der Waals surface area contributed by atoms with Gasteiger partial charge in [0.05, 0.1) is 22.8 Å². The summed E-state index contributed by atoms with van der Waals surface area (Å²) in [6.07, 6.45) is 0. The zero-order valence-corrected chi connectivity index (χ0v) is 31.3. The van der Waals surface area contributed by atoms with E-state index < -0.39 is 0 Å². The molecule has 2 aromatic heterocycles. The van der Waals surface area contributed by atoms with E-state index in [0.717, 1.165) is 67.8 Å². The van der Waals surface area contributed by atoms with Crippen LogP contribution in [0.5, 0.6) is 0 Å². The average molecular weight is 687 g/mol. The Morgan fingerprint density at radius 1 is 0.434 bits per heavy atom. The second-order valence-corrected chi connectivity index (χ2v) is 16.3. The first kappa shape index (κ1) is 32.9. The van der Waals surface area contributed by atoms with Gasteiger partial charge in [0.25, 0.3) is 6.71 Å². The molecular formula is C48H43BN4. The van der Waals surface area contributed by atoms with Crippen molar-refractivity contribution < 1.29 is 0 Å². The van der Waals surface area contributed by atoms with Crippen molar-refractivity contribution in [2.45, 2.75) is 52.4 Å². The van der Waals surface area contributed by atoms with E-state index in [1.807, 2.05) is 0 Å². The van der Waals surface area contributed by atoms with Gasteiger partial charge in [-0.3, -0.25) is 9.97 Å².